The Bertz CT molecular complexity index is 1680. The van der Waals surface area contributed by atoms with Gasteiger partial charge in [0.1, 0.15) is 0 Å². The van der Waals surface area contributed by atoms with E-state index in [0.717, 1.165) is 23.1 Å². The van der Waals surface area contributed by atoms with Gasteiger partial charge in [-0.25, -0.2) is 9.59 Å². The molecule has 0 radical (unpaired) electrons. The molecule has 0 saturated carbocycles. The van der Waals surface area contributed by atoms with Crippen molar-refractivity contribution in [1.29, 1.82) is 0 Å². The second kappa shape index (κ2) is 16.5. The fourth-order valence-electron chi connectivity index (χ4n) is 5.46. The molecule has 2 unspecified atom stereocenters. The van der Waals surface area contributed by atoms with Gasteiger partial charge in [-0.05, 0) is 68.0 Å². The first kappa shape index (κ1) is 34.8. The average molecular weight is 640 g/mol. The van der Waals surface area contributed by atoms with E-state index in [2.05, 4.69) is 46.7 Å². The lowest BCUT2D eigenvalue weighted by Crippen LogP contribution is -2.33. The summed E-state index contributed by atoms with van der Waals surface area (Å²) in [6.45, 7) is 10.0. The molecule has 10 heteroatoms. The molecule has 1 aliphatic heterocycles. The maximum atomic E-state index is 13.6. The zero-order chi connectivity index (χ0) is 33.9. The van der Waals surface area contributed by atoms with Crippen LogP contribution in [0.3, 0.4) is 0 Å². The van der Waals surface area contributed by atoms with E-state index in [0.29, 0.717) is 30.2 Å². The van der Waals surface area contributed by atoms with Crippen LogP contribution in [0, 0.1) is 16.0 Å². The van der Waals surface area contributed by atoms with Gasteiger partial charge in [0.05, 0.1) is 48.4 Å². The van der Waals surface area contributed by atoms with E-state index in [4.69, 9.17) is 14.2 Å². The van der Waals surface area contributed by atoms with Gasteiger partial charge in [-0.2, -0.15) is 0 Å². The van der Waals surface area contributed by atoms with E-state index in [9.17, 15) is 19.7 Å². The number of ether oxygens (including phenoxy) is 3. The lowest BCUT2D eigenvalue weighted by atomic mass is 9.80. The van der Waals surface area contributed by atoms with Gasteiger partial charge in [0.2, 0.25) is 0 Å². The number of nitrogens with one attached hydrogen (secondary N) is 1. The van der Waals surface area contributed by atoms with E-state index in [-0.39, 0.29) is 36.0 Å². The number of non-ortho nitro benzene ring substituents is 1. The minimum atomic E-state index is -0.911. The predicted molar refractivity (Wildman–Crippen MR) is 179 cm³/mol. The number of hydrogen-bond acceptors (Lipinski definition) is 9. The summed E-state index contributed by atoms with van der Waals surface area (Å²) in [5, 5.41) is 14.6. The number of esters is 2. The minimum absolute atomic E-state index is 0.0792. The summed E-state index contributed by atoms with van der Waals surface area (Å²) >= 11 is 0. The Kier molecular flexibility index (Phi) is 12.2. The van der Waals surface area contributed by atoms with Crippen molar-refractivity contribution in [2.24, 2.45) is 5.92 Å². The van der Waals surface area contributed by atoms with Crippen molar-refractivity contribution >= 4 is 23.7 Å². The molecule has 0 fully saturated rings. The van der Waals surface area contributed by atoms with Crippen molar-refractivity contribution in [3.8, 4) is 0 Å². The van der Waals surface area contributed by atoms with Crippen molar-refractivity contribution in [2.45, 2.75) is 47.0 Å². The molecule has 0 saturated heterocycles. The van der Waals surface area contributed by atoms with Crippen molar-refractivity contribution < 1.29 is 28.7 Å². The molecule has 3 aromatic rings. The molecule has 2 aromatic carbocycles. The third kappa shape index (κ3) is 9.46. The standard InChI is InChI=1S/C37H41N3O7/c1-6-46-36(41)33-26(4)39-27(5)34(35(33)31-10-7-11-32(19-31)40(43)44)37(42)47-23-25(3)22-45-21-24(2)17-28-12-14-29(15-13-28)18-30-9-8-16-38-20-30/h7-17,19-20,25,35,39H,6,18,21-23H2,1-5H3/b24-17+. The molecule has 0 spiro atoms. The highest BCUT2D eigenvalue weighted by Gasteiger charge is 2.38. The van der Waals surface area contributed by atoms with Crippen LogP contribution in [0.5, 0.6) is 0 Å². The van der Waals surface area contributed by atoms with Crippen LogP contribution >= 0.6 is 0 Å². The van der Waals surface area contributed by atoms with Crippen molar-refractivity contribution in [3.05, 3.63) is 134 Å². The highest BCUT2D eigenvalue weighted by molar-refractivity contribution is 6.00. The summed E-state index contributed by atoms with van der Waals surface area (Å²) in [5.74, 6) is -2.27. The predicted octanol–water partition coefficient (Wildman–Crippen LogP) is 6.68. The topological polar surface area (TPSA) is 130 Å². The Hall–Kier alpha value is -5.09. The molecule has 0 aliphatic carbocycles. The fraction of sp³-hybridized carbons (Fsp3) is 0.324. The Morgan fingerprint density at radius 1 is 0.979 bits per heavy atom. The molecule has 1 aliphatic rings. The Morgan fingerprint density at radius 3 is 2.32 bits per heavy atom. The van der Waals surface area contributed by atoms with Crippen molar-refractivity contribution in [1.82, 2.24) is 10.3 Å². The number of hydrogen-bond donors (Lipinski definition) is 1. The van der Waals surface area contributed by atoms with Gasteiger partial charge in [-0.1, -0.05) is 55.5 Å². The molecule has 4 rings (SSSR count). The van der Waals surface area contributed by atoms with Gasteiger partial charge in [0.25, 0.3) is 5.69 Å². The molecule has 2 heterocycles. The van der Waals surface area contributed by atoms with Crippen LogP contribution in [-0.2, 0) is 30.2 Å². The van der Waals surface area contributed by atoms with Gasteiger partial charge in [-0.15, -0.1) is 0 Å². The van der Waals surface area contributed by atoms with Crippen molar-refractivity contribution in [3.63, 3.8) is 0 Å². The number of carbonyl (C=O) groups excluding carboxylic acids is 2. The number of aromatic nitrogens is 1. The van der Waals surface area contributed by atoms with Gasteiger partial charge in [0.15, 0.2) is 0 Å². The molecule has 47 heavy (non-hydrogen) atoms. The lowest BCUT2D eigenvalue weighted by Gasteiger charge is -2.30. The molecular weight excluding hydrogens is 598 g/mol. The number of carbonyl (C=O) groups is 2. The monoisotopic (exact) mass is 639 g/mol. The Morgan fingerprint density at radius 2 is 1.68 bits per heavy atom. The first-order valence-electron chi connectivity index (χ1n) is 15.6. The molecule has 0 bridgehead atoms. The van der Waals surface area contributed by atoms with Crippen LogP contribution in [0.25, 0.3) is 6.08 Å². The van der Waals surface area contributed by atoms with Crippen LogP contribution in [0.1, 0.15) is 62.8 Å². The largest absolute Gasteiger partial charge is 0.463 e. The first-order chi connectivity index (χ1) is 22.6. The number of allylic oxidation sites excluding steroid dienone is 2. The normalized spacial score (nSPS) is 15.6. The van der Waals surface area contributed by atoms with E-state index in [1.807, 2.05) is 26.1 Å². The molecule has 10 nitrogen and oxygen atoms in total. The summed E-state index contributed by atoms with van der Waals surface area (Å²) in [5.41, 5.74) is 6.15. The van der Waals surface area contributed by atoms with Gasteiger partial charge in [-0.3, -0.25) is 15.1 Å². The zero-order valence-electron chi connectivity index (χ0n) is 27.4. The minimum Gasteiger partial charge on any atom is -0.463 e. The number of pyridine rings is 1. The third-order valence-corrected chi connectivity index (χ3v) is 7.64. The summed E-state index contributed by atoms with van der Waals surface area (Å²) in [7, 11) is 0. The number of nitro groups is 1. The number of dihydropyridines is 1. The van der Waals surface area contributed by atoms with E-state index < -0.39 is 22.8 Å². The summed E-state index contributed by atoms with van der Waals surface area (Å²) in [6, 6.07) is 18.3. The van der Waals surface area contributed by atoms with Gasteiger partial charge < -0.3 is 19.5 Å². The molecule has 1 N–H and O–H groups in total. The van der Waals surface area contributed by atoms with E-state index in [1.54, 1.807) is 33.0 Å². The van der Waals surface area contributed by atoms with Crippen LogP contribution in [0.15, 0.2) is 101 Å². The molecule has 1 aromatic heterocycles. The third-order valence-electron chi connectivity index (χ3n) is 7.64. The summed E-state index contributed by atoms with van der Waals surface area (Å²) in [4.78, 5) is 41.8. The zero-order valence-corrected chi connectivity index (χ0v) is 27.4. The van der Waals surface area contributed by atoms with Crippen LogP contribution in [-0.4, -0.2) is 48.3 Å². The molecule has 0 amide bonds. The summed E-state index contributed by atoms with van der Waals surface area (Å²) < 4.78 is 17.0. The SMILES string of the molecule is CCOC(=O)C1=C(C)NC(C)=C(C(=O)OCC(C)COC/C(C)=C/c2ccc(Cc3cccnc3)cc2)C1c1cccc([N+](=O)[O-])c1. The van der Waals surface area contributed by atoms with Crippen LogP contribution in [0.2, 0.25) is 0 Å². The van der Waals surface area contributed by atoms with E-state index >= 15 is 0 Å². The molecule has 246 valence electrons. The molecule has 2 atom stereocenters. The molecular formula is C37H41N3O7. The second-order valence-corrected chi connectivity index (χ2v) is 11.7. The lowest BCUT2D eigenvalue weighted by molar-refractivity contribution is -0.384. The van der Waals surface area contributed by atoms with Gasteiger partial charge in [0, 0.05) is 41.8 Å². The Labute approximate surface area is 275 Å². The number of nitrogens with zero attached hydrogens (tertiary/aromatic N) is 2. The maximum absolute atomic E-state index is 13.6. The highest BCUT2D eigenvalue weighted by atomic mass is 16.6. The van der Waals surface area contributed by atoms with Crippen molar-refractivity contribution in [2.75, 3.05) is 26.4 Å². The Balaban J connectivity index is 1.36. The van der Waals surface area contributed by atoms with Crippen LogP contribution < -0.4 is 5.32 Å². The number of rotatable bonds is 14. The van der Waals surface area contributed by atoms with E-state index in [1.165, 1.54) is 23.8 Å². The second-order valence-electron chi connectivity index (χ2n) is 11.7. The average Bonchev–Trinajstić information content (AvgIpc) is 3.04. The maximum Gasteiger partial charge on any atom is 0.336 e. The fourth-order valence-corrected chi connectivity index (χ4v) is 5.46. The number of nitro benzene ring substituents is 1. The summed E-state index contributed by atoms with van der Waals surface area (Å²) in [6.07, 6.45) is 6.55. The van der Waals surface area contributed by atoms with Gasteiger partial charge >= 0.3 is 11.9 Å². The first-order valence-corrected chi connectivity index (χ1v) is 15.6. The quantitative estimate of drug-likeness (QED) is 0.117. The highest BCUT2D eigenvalue weighted by Crippen LogP contribution is 2.40. The van der Waals surface area contributed by atoms with Crippen LogP contribution in [0.4, 0.5) is 5.69 Å². The number of benzene rings is 2. The smallest absolute Gasteiger partial charge is 0.336 e.